The third kappa shape index (κ3) is 4.28. The standard InChI is InChI=1S/C30H28N4S/c1-34-18-10-8-15-27(34)30-26(20-32-25-19-29(30)35-28-16-7-5-12-22(25)28)33-24-14-6-4-11-21(24)23-13-3-2-9-17-31-23/h2-12,14-20,23,25,27,31,33H,13H2,1H3. The molecule has 3 unspecified atom stereocenters. The van der Waals surface area contributed by atoms with Crippen molar-refractivity contribution >= 4 is 23.7 Å². The summed E-state index contributed by atoms with van der Waals surface area (Å²) < 4.78 is 0. The second-order valence-corrected chi connectivity index (χ2v) is 10.1. The summed E-state index contributed by atoms with van der Waals surface area (Å²) in [5, 5.41) is 7.36. The van der Waals surface area contributed by atoms with Crippen LogP contribution in [0.2, 0.25) is 0 Å². The van der Waals surface area contributed by atoms with E-state index in [1.165, 1.54) is 26.5 Å². The number of benzene rings is 2. The quantitative estimate of drug-likeness (QED) is 0.518. The molecule has 4 aliphatic heterocycles. The number of para-hydroxylation sites is 1. The number of aliphatic imine (C=N–C) groups is 1. The van der Waals surface area contributed by atoms with E-state index < -0.39 is 0 Å². The van der Waals surface area contributed by atoms with Crippen LogP contribution in [0.1, 0.15) is 29.6 Å². The van der Waals surface area contributed by atoms with Crippen molar-refractivity contribution in [2.24, 2.45) is 4.99 Å². The monoisotopic (exact) mass is 476 g/mol. The zero-order valence-corrected chi connectivity index (χ0v) is 20.5. The van der Waals surface area contributed by atoms with Crippen molar-refractivity contribution < 1.29 is 0 Å². The largest absolute Gasteiger partial charge is 0.384 e. The van der Waals surface area contributed by atoms with Crippen LogP contribution >= 0.6 is 11.8 Å². The molecule has 4 aliphatic rings. The molecule has 2 aromatic rings. The van der Waals surface area contributed by atoms with Crippen LogP contribution in [-0.4, -0.2) is 24.2 Å². The lowest BCUT2D eigenvalue weighted by Crippen LogP contribution is -2.31. The number of rotatable bonds is 4. The molecule has 2 aromatic carbocycles. The molecule has 4 heterocycles. The van der Waals surface area contributed by atoms with Crippen molar-refractivity contribution in [3.8, 4) is 0 Å². The first kappa shape index (κ1) is 21.8. The van der Waals surface area contributed by atoms with Gasteiger partial charge in [0.1, 0.15) is 0 Å². The smallest absolute Gasteiger partial charge is 0.0956 e. The molecular formula is C30H28N4S. The van der Waals surface area contributed by atoms with Gasteiger partial charge in [-0.3, -0.25) is 4.99 Å². The minimum atomic E-state index is 0.0270. The third-order valence-electron chi connectivity index (χ3n) is 6.77. The zero-order valence-electron chi connectivity index (χ0n) is 19.6. The molecule has 174 valence electrons. The summed E-state index contributed by atoms with van der Waals surface area (Å²) in [6, 6.07) is 17.6. The average molecular weight is 477 g/mol. The van der Waals surface area contributed by atoms with E-state index in [-0.39, 0.29) is 18.1 Å². The highest BCUT2D eigenvalue weighted by Crippen LogP contribution is 2.47. The first-order chi connectivity index (χ1) is 17.3. The topological polar surface area (TPSA) is 39.7 Å². The Morgan fingerprint density at radius 3 is 2.77 bits per heavy atom. The highest BCUT2D eigenvalue weighted by molar-refractivity contribution is 8.03. The van der Waals surface area contributed by atoms with E-state index in [0.717, 1.165) is 17.8 Å². The van der Waals surface area contributed by atoms with E-state index in [0.29, 0.717) is 0 Å². The summed E-state index contributed by atoms with van der Waals surface area (Å²) in [5.74, 6) is 0. The van der Waals surface area contributed by atoms with E-state index >= 15 is 0 Å². The maximum Gasteiger partial charge on any atom is 0.0956 e. The Kier molecular flexibility index (Phi) is 5.93. The third-order valence-corrected chi connectivity index (χ3v) is 7.93. The Labute approximate surface area is 211 Å². The lowest BCUT2D eigenvalue weighted by Gasteiger charge is -2.32. The van der Waals surface area contributed by atoms with Crippen LogP contribution in [0.5, 0.6) is 0 Å². The Morgan fingerprint density at radius 2 is 1.86 bits per heavy atom. The summed E-state index contributed by atoms with van der Waals surface area (Å²) in [6.45, 7) is 0. The Hall–Kier alpha value is -3.70. The molecule has 2 N–H and O–H groups in total. The van der Waals surface area contributed by atoms with Gasteiger partial charge in [0.15, 0.2) is 0 Å². The fourth-order valence-electron chi connectivity index (χ4n) is 4.98. The normalized spacial score (nSPS) is 24.4. The summed E-state index contributed by atoms with van der Waals surface area (Å²) in [6.07, 6.45) is 22.3. The van der Waals surface area contributed by atoms with Gasteiger partial charge in [0, 0.05) is 34.3 Å². The molecule has 0 saturated carbocycles. The summed E-state index contributed by atoms with van der Waals surface area (Å²) in [5.41, 5.74) is 5.91. The Morgan fingerprint density at radius 1 is 1.00 bits per heavy atom. The Bertz CT molecular complexity index is 1330. The minimum absolute atomic E-state index is 0.0270. The van der Waals surface area contributed by atoms with Gasteiger partial charge in [-0.1, -0.05) is 72.5 Å². The lowest BCUT2D eigenvalue weighted by molar-refractivity contribution is 0.422. The van der Waals surface area contributed by atoms with E-state index in [1.807, 2.05) is 24.2 Å². The summed E-state index contributed by atoms with van der Waals surface area (Å²) in [4.78, 5) is 9.87. The van der Waals surface area contributed by atoms with Crippen LogP contribution in [0.4, 0.5) is 5.69 Å². The molecule has 0 spiro atoms. The zero-order chi connectivity index (χ0) is 23.6. The van der Waals surface area contributed by atoms with Gasteiger partial charge >= 0.3 is 0 Å². The van der Waals surface area contributed by atoms with Gasteiger partial charge in [0.05, 0.1) is 23.8 Å². The number of nitrogens with zero attached hydrogens (tertiary/aromatic N) is 2. The molecule has 0 fully saturated rings. The van der Waals surface area contributed by atoms with Gasteiger partial charge in [-0.25, -0.2) is 0 Å². The van der Waals surface area contributed by atoms with Gasteiger partial charge in [0.25, 0.3) is 0 Å². The predicted octanol–water partition coefficient (Wildman–Crippen LogP) is 6.66. The molecule has 5 heteroatoms. The molecule has 0 amide bonds. The number of allylic oxidation sites excluding steroid dienone is 5. The van der Waals surface area contributed by atoms with Crippen molar-refractivity contribution in [3.05, 3.63) is 131 Å². The van der Waals surface area contributed by atoms with Crippen molar-refractivity contribution in [1.82, 2.24) is 10.2 Å². The first-order valence-corrected chi connectivity index (χ1v) is 12.9. The van der Waals surface area contributed by atoms with E-state index in [1.54, 1.807) is 0 Å². The van der Waals surface area contributed by atoms with E-state index in [2.05, 4.69) is 120 Å². The molecule has 0 aliphatic carbocycles. The number of thioether (sulfide) groups is 1. The second kappa shape index (κ2) is 9.51. The van der Waals surface area contributed by atoms with Gasteiger partial charge < -0.3 is 15.5 Å². The Balaban J connectivity index is 1.44. The van der Waals surface area contributed by atoms with Crippen LogP contribution in [0.25, 0.3) is 0 Å². The molecule has 0 radical (unpaired) electrons. The highest BCUT2D eigenvalue weighted by Gasteiger charge is 2.31. The number of hydrogen-bond acceptors (Lipinski definition) is 5. The van der Waals surface area contributed by atoms with Crippen molar-refractivity contribution in [3.63, 3.8) is 0 Å². The van der Waals surface area contributed by atoms with Crippen LogP contribution in [0.15, 0.2) is 130 Å². The molecule has 0 aromatic heterocycles. The van der Waals surface area contributed by atoms with Crippen LogP contribution in [0, 0.1) is 0 Å². The summed E-state index contributed by atoms with van der Waals surface area (Å²) in [7, 11) is 2.14. The number of hydrogen-bond donors (Lipinski definition) is 2. The maximum atomic E-state index is 5.06. The van der Waals surface area contributed by atoms with E-state index in [9.17, 15) is 0 Å². The highest BCUT2D eigenvalue weighted by atomic mass is 32.2. The molecule has 3 atom stereocenters. The molecule has 2 bridgehead atoms. The lowest BCUT2D eigenvalue weighted by atomic mass is 9.98. The van der Waals surface area contributed by atoms with Crippen LogP contribution in [0.3, 0.4) is 0 Å². The van der Waals surface area contributed by atoms with Crippen LogP contribution < -0.4 is 10.6 Å². The first-order valence-electron chi connectivity index (χ1n) is 12.0. The fourth-order valence-corrected chi connectivity index (χ4v) is 6.21. The summed E-state index contributed by atoms with van der Waals surface area (Å²) >= 11 is 1.85. The number of nitrogens with one attached hydrogen (secondary N) is 2. The molecular weight excluding hydrogens is 448 g/mol. The van der Waals surface area contributed by atoms with Crippen molar-refractivity contribution in [2.75, 3.05) is 12.4 Å². The minimum Gasteiger partial charge on any atom is -0.384 e. The van der Waals surface area contributed by atoms with E-state index in [4.69, 9.17) is 4.99 Å². The van der Waals surface area contributed by atoms with Gasteiger partial charge in [0.2, 0.25) is 0 Å². The predicted molar refractivity (Wildman–Crippen MR) is 147 cm³/mol. The average Bonchev–Trinajstić information content (AvgIpc) is 3.24. The van der Waals surface area contributed by atoms with Gasteiger partial charge in [-0.15, -0.1) is 0 Å². The van der Waals surface area contributed by atoms with Gasteiger partial charge in [-0.2, -0.15) is 0 Å². The van der Waals surface area contributed by atoms with Crippen molar-refractivity contribution in [1.29, 1.82) is 0 Å². The molecule has 0 saturated heterocycles. The van der Waals surface area contributed by atoms with Gasteiger partial charge in [-0.05, 0) is 60.3 Å². The number of fused-ring (bicyclic) bond motifs is 3. The molecule has 4 nitrogen and oxygen atoms in total. The maximum absolute atomic E-state index is 5.06. The molecule has 6 rings (SSSR count). The number of likely N-dealkylation sites (N-methyl/N-ethyl adjacent to an activating group) is 1. The number of anilines is 1. The second-order valence-electron chi connectivity index (χ2n) is 9.01. The molecule has 35 heavy (non-hydrogen) atoms. The SMILES string of the molecule is CN1C=CC=CC1C1=C(Nc2ccccc2C2CC=CC=CN2)C=NC2C=C1Sc1ccccc12. The van der Waals surface area contributed by atoms with Crippen LogP contribution in [-0.2, 0) is 0 Å². The van der Waals surface area contributed by atoms with Crippen molar-refractivity contribution in [2.45, 2.75) is 29.4 Å². The fraction of sp³-hybridized carbons (Fsp3) is 0.167.